The Labute approximate surface area is 121 Å². The van der Waals surface area contributed by atoms with Gasteiger partial charge in [-0.15, -0.1) is 0 Å². The Morgan fingerprint density at radius 1 is 1.25 bits per heavy atom. The quantitative estimate of drug-likeness (QED) is 0.822. The minimum absolute atomic E-state index is 0.744. The Hall–Kier alpha value is -1.41. The van der Waals surface area contributed by atoms with E-state index in [9.17, 15) is 0 Å². The van der Waals surface area contributed by atoms with Crippen LogP contribution < -0.4 is 5.32 Å². The molecule has 1 aliphatic rings. The highest BCUT2D eigenvalue weighted by Crippen LogP contribution is 2.34. The average molecular weight is 268 g/mol. The first-order valence-electron chi connectivity index (χ1n) is 7.94. The van der Waals surface area contributed by atoms with Crippen LogP contribution in [0.15, 0.2) is 36.5 Å². The van der Waals surface area contributed by atoms with E-state index in [1.54, 1.807) is 0 Å². The second-order valence-electron chi connectivity index (χ2n) is 5.88. The summed E-state index contributed by atoms with van der Waals surface area (Å²) in [4.78, 5) is 4.44. The summed E-state index contributed by atoms with van der Waals surface area (Å²) in [6.07, 6.45) is 8.53. The highest BCUT2D eigenvalue weighted by Gasteiger charge is 2.29. The molecule has 2 aromatic rings. The lowest BCUT2D eigenvalue weighted by Gasteiger charge is -2.17. The zero-order valence-corrected chi connectivity index (χ0v) is 12.3. The topological polar surface area (TPSA) is 24.9 Å². The van der Waals surface area contributed by atoms with Crippen molar-refractivity contribution >= 4 is 10.9 Å². The predicted molar refractivity (Wildman–Crippen MR) is 84.9 cm³/mol. The largest absolute Gasteiger partial charge is 0.314 e. The normalized spacial score (nSPS) is 16.4. The van der Waals surface area contributed by atoms with Crippen molar-refractivity contribution in [2.24, 2.45) is 5.92 Å². The van der Waals surface area contributed by atoms with Gasteiger partial charge in [-0.2, -0.15) is 0 Å². The van der Waals surface area contributed by atoms with Gasteiger partial charge in [0.05, 0.1) is 5.52 Å². The maximum atomic E-state index is 4.44. The number of nitrogens with zero attached hydrogens (tertiary/aromatic N) is 1. The molecule has 0 spiro atoms. The van der Waals surface area contributed by atoms with Gasteiger partial charge in [0, 0.05) is 17.6 Å². The van der Waals surface area contributed by atoms with E-state index < -0.39 is 0 Å². The minimum Gasteiger partial charge on any atom is -0.314 e. The van der Waals surface area contributed by atoms with Crippen molar-refractivity contribution < 1.29 is 0 Å². The van der Waals surface area contributed by atoms with Gasteiger partial charge in [0.2, 0.25) is 0 Å². The fourth-order valence-electron chi connectivity index (χ4n) is 3.15. The SMILES string of the molecule is CCNC(CCCc1ccnc2ccccc12)C1CC1. The summed E-state index contributed by atoms with van der Waals surface area (Å²) in [7, 11) is 0. The van der Waals surface area contributed by atoms with Crippen LogP contribution >= 0.6 is 0 Å². The highest BCUT2D eigenvalue weighted by molar-refractivity contribution is 5.81. The van der Waals surface area contributed by atoms with E-state index >= 15 is 0 Å². The van der Waals surface area contributed by atoms with E-state index in [1.807, 2.05) is 6.20 Å². The van der Waals surface area contributed by atoms with Gasteiger partial charge in [0.15, 0.2) is 0 Å². The molecule has 1 atom stereocenters. The van der Waals surface area contributed by atoms with Gasteiger partial charge in [-0.25, -0.2) is 0 Å². The fraction of sp³-hybridized carbons (Fsp3) is 0.500. The summed E-state index contributed by atoms with van der Waals surface area (Å²) in [5, 5.41) is 4.98. The molecule has 1 aromatic carbocycles. The number of rotatable bonds is 7. The van der Waals surface area contributed by atoms with Crippen LogP contribution in [0.2, 0.25) is 0 Å². The number of aryl methyl sites for hydroxylation is 1. The van der Waals surface area contributed by atoms with Crippen LogP contribution in [-0.4, -0.2) is 17.6 Å². The lowest BCUT2D eigenvalue weighted by Crippen LogP contribution is -2.30. The van der Waals surface area contributed by atoms with E-state index in [2.05, 4.69) is 47.6 Å². The standard InChI is InChI=1S/C18H24N2/c1-2-19-17(15-10-11-15)9-5-6-14-12-13-20-18-8-4-3-7-16(14)18/h3-4,7-8,12-13,15,17,19H,2,5-6,9-11H2,1H3. The van der Waals surface area contributed by atoms with Gasteiger partial charge in [-0.3, -0.25) is 4.98 Å². The van der Waals surface area contributed by atoms with Crippen LogP contribution in [-0.2, 0) is 6.42 Å². The van der Waals surface area contributed by atoms with Crippen molar-refractivity contribution in [1.82, 2.24) is 10.3 Å². The number of fused-ring (bicyclic) bond motifs is 1. The van der Waals surface area contributed by atoms with Crippen molar-refractivity contribution in [2.45, 2.75) is 45.1 Å². The second kappa shape index (κ2) is 6.36. The van der Waals surface area contributed by atoms with E-state index in [0.29, 0.717) is 0 Å². The van der Waals surface area contributed by atoms with Crippen molar-refractivity contribution in [2.75, 3.05) is 6.54 Å². The molecule has 0 radical (unpaired) electrons. The number of aromatic nitrogens is 1. The van der Waals surface area contributed by atoms with Crippen molar-refractivity contribution in [3.8, 4) is 0 Å². The smallest absolute Gasteiger partial charge is 0.0704 e. The van der Waals surface area contributed by atoms with E-state index in [1.165, 1.54) is 36.6 Å². The van der Waals surface area contributed by atoms with Gasteiger partial charge in [0.25, 0.3) is 0 Å². The molecule has 20 heavy (non-hydrogen) atoms. The third-order valence-corrected chi connectivity index (χ3v) is 4.36. The molecule has 0 bridgehead atoms. The highest BCUT2D eigenvalue weighted by atomic mass is 14.9. The van der Waals surface area contributed by atoms with Crippen molar-refractivity contribution in [3.63, 3.8) is 0 Å². The van der Waals surface area contributed by atoms with Crippen LogP contribution in [0.4, 0.5) is 0 Å². The third kappa shape index (κ3) is 3.18. The summed E-state index contributed by atoms with van der Waals surface area (Å²) >= 11 is 0. The number of hydrogen-bond acceptors (Lipinski definition) is 2. The maximum absolute atomic E-state index is 4.44. The number of hydrogen-bond donors (Lipinski definition) is 1. The minimum atomic E-state index is 0.744. The van der Waals surface area contributed by atoms with Crippen LogP contribution in [0.5, 0.6) is 0 Å². The number of benzene rings is 1. The number of nitrogens with one attached hydrogen (secondary N) is 1. The Balaban J connectivity index is 1.62. The Morgan fingerprint density at radius 2 is 2.10 bits per heavy atom. The Bertz CT molecular complexity index is 555. The summed E-state index contributed by atoms with van der Waals surface area (Å²) in [5.74, 6) is 0.948. The van der Waals surface area contributed by atoms with Gasteiger partial charge < -0.3 is 5.32 Å². The zero-order chi connectivity index (χ0) is 13.8. The summed E-state index contributed by atoms with van der Waals surface area (Å²) < 4.78 is 0. The number of pyridine rings is 1. The average Bonchev–Trinajstić information content (AvgIpc) is 3.31. The molecule has 1 unspecified atom stereocenters. The van der Waals surface area contributed by atoms with Crippen molar-refractivity contribution in [1.29, 1.82) is 0 Å². The molecule has 1 N–H and O–H groups in total. The molecular formula is C18H24N2. The Morgan fingerprint density at radius 3 is 2.90 bits per heavy atom. The summed E-state index contributed by atoms with van der Waals surface area (Å²) in [5.41, 5.74) is 2.57. The fourth-order valence-corrected chi connectivity index (χ4v) is 3.15. The van der Waals surface area contributed by atoms with Crippen LogP contribution in [0.1, 0.15) is 38.2 Å². The molecule has 1 aliphatic carbocycles. The molecule has 1 fully saturated rings. The van der Waals surface area contributed by atoms with Crippen LogP contribution in [0, 0.1) is 5.92 Å². The molecule has 0 amide bonds. The molecule has 106 valence electrons. The molecule has 1 heterocycles. The molecular weight excluding hydrogens is 244 g/mol. The van der Waals surface area contributed by atoms with Crippen LogP contribution in [0.25, 0.3) is 10.9 Å². The van der Waals surface area contributed by atoms with Gasteiger partial charge in [0.1, 0.15) is 0 Å². The third-order valence-electron chi connectivity index (χ3n) is 4.36. The summed E-state index contributed by atoms with van der Waals surface area (Å²) in [6, 6.07) is 11.4. The molecule has 2 heteroatoms. The van der Waals surface area contributed by atoms with E-state index in [0.717, 1.165) is 30.4 Å². The van der Waals surface area contributed by atoms with E-state index in [4.69, 9.17) is 0 Å². The molecule has 3 rings (SSSR count). The molecule has 0 aliphatic heterocycles. The van der Waals surface area contributed by atoms with Crippen molar-refractivity contribution in [3.05, 3.63) is 42.1 Å². The molecule has 1 aromatic heterocycles. The first-order chi connectivity index (χ1) is 9.88. The predicted octanol–water partition coefficient (Wildman–Crippen LogP) is 3.95. The van der Waals surface area contributed by atoms with Gasteiger partial charge in [-0.1, -0.05) is 25.1 Å². The number of para-hydroxylation sites is 1. The summed E-state index contributed by atoms with van der Waals surface area (Å²) in [6.45, 7) is 3.31. The Kier molecular flexibility index (Phi) is 4.31. The van der Waals surface area contributed by atoms with Gasteiger partial charge >= 0.3 is 0 Å². The molecule has 0 saturated heterocycles. The maximum Gasteiger partial charge on any atom is 0.0704 e. The zero-order valence-electron chi connectivity index (χ0n) is 12.3. The van der Waals surface area contributed by atoms with E-state index in [-0.39, 0.29) is 0 Å². The first kappa shape index (κ1) is 13.6. The lowest BCUT2D eigenvalue weighted by molar-refractivity contribution is 0.434. The second-order valence-corrected chi connectivity index (χ2v) is 5.88. The monoisotopic (exact) mass is 268 g/mol. The van der Waals surface area contributed by atoms with Crippen LogP contribution in [0.3, 0.4) is 0 Å². The lowest BCUT2D eigenvalue weighted by atomic mass is 9.99. The first-order valence-corrected chi connectivity index (χ1v) is 7.94. The van der Waals surface area contributed by atoms with Gasteiger partial charge in [-0.05, 0) is 62.3 Å². The molecule has 2 nitrogen and oxygen atoms in total. The molecule has 1 saturated carbocycles.